The molecule has 4 rings (SSSR count). The lowest BCUT2D eigenvalue weighted by atomic mass is 9.59. The highest BCUT2D eigenvalue weighted by molar-refractivity contribution is 5.80. The van der Waals surface area contributed by atoms with Crippen molar-refractivity contribution in [3.8, 4) is 0 Å². The summed E-state index contributed by atoms with van der Waals surface area (Å²) in [5.41, 5.74) is -1.38. The molecule has 0 unspecified atom stereocenters. The minimum Gasteiger partial charge on any atom is -0.465 e. The average molecular weight is 419 g/mol. The number of hydrogen-bond acceptors (Lipinski definition) is 5. The van der Waals surface area contributed by atoms with Crippen LogP contribution in [-0.4, -0.2) is 41.3 Å². The maximum absolute atomic E-state index is 13.3. The topological polar surface area (TPSA) is 65.0 Å². The van der Waals surface area contributed by atoms with E-state index in [0.717, 1.165) is 12.0 Å². The molecular formula is C25H38O5. The van der Waals surface area contributed by atoms with Gasteiger partial charge in [-0.25, -0.2) is 0 Å². The first-order valence-electron chi connectivity index (χ1n) is 11.6. The fraction of sp³-hybridized carbons (Fsp3) is 0.800. The Kier molecular flexibility index (Phi) is 5.08. The van der Waals surface area contributed by atoms with Crippen LogP contribution in [0.15, 0.2) is 23.8 Å². The Balaban J connectivity index is 1.90. The number of carbonyl (C=O) groups is 1. The molecule has 1 N–H and O–H groups in total. The van der Waals surface area contributed by atoms with Gasteiger partial charge in [0.05, 0.1) is 12.7 Å². The maximum Gasteiger partial charge on any atom is 0.315 e. The number of allylic oxidation sites excluding steroid dienone is 1. The fourth-order valence-electron chi connectivity index (χ4n) is 6.96. The zero-order chi connectivity index (χ0) is 22.1. The smallest absolute Gasteiger partial charge is 0.315 e. The first kappa shape index (κ1) is 22.0. The van der Waals surface area contributed by atoms with Gasteiger partial charge in [-0.15, -0.1) is 0 Å². The summed E-state index contributed by atoms with van der Waals surface area (Å²) in [6, 6.07) is 0. The number of carbonyl (C=O) groups excluding carboxylic acids is 1. The average Bonchev–Trinajstić information content (AvgIpc) is 3.00. The van der Waals surface area contributed by atoms with E-state index in [-0.39, 0.29) is 35.4 Å². The third-order valence-electron chi connectivity index (χ3n) is 8.37. The van der Waals surface area contributed by atoms with E-state index < -0.39 is 16.8 Å². The zero-order valence-electron chi connectivity index (χ0n) is 19.5. The Morgan fingerprint density at radius 1 is 1.27 bits per heavy atom. The maximum atomic E-state index is 13.3. The van der Waals surface area contributed by atoms with Gasteiger partial charge in [0.1, 0.15) is 17.1 Å². The summed E-state index contributed by atoms with van der Waals surface area (Å²) < 4.78 is 18.4. The predicted molar refractivity (Wildman–Crippen MR) is 115 cm³/mol. The van der Waals surface area contributed by atoms with Crippen molar-refractivity contribution in [2.75, 3.05) is 6.61 Å². The molecule has 0 spiro atoms. The van der Waals surface area contributed by atoms with Gasteiger partial charge in [0.25, 0.3) is 0 Å². The van der Waals surface area contributed by atoms with E-state index in [1.165, 1.54) is 0 Å². The Bertz CT molecular complexity index is 782. The first-order chi connectivity index (χ1) is 13.9. The van der Waals surface area contributed by atoms with E-state index in [9.17, 15) is 9.90 Å². The zero-order valence-corrected chi connectivity index (χ0v) is 19.5. The van der Waals surface area contributed by atoms with Gasteiger partial charge in [0.2, 0.25) is 0 Å². The van der Waals surface area contributed by atoms with Crippen LogP contribution in [0.3, 0.4) is 0 Å². The van der Waals surface area contributed by atoms with Crippen LogP contribution in [0.2, 0.25) is 0 Å². The van der Waals surface area contributed by atoms with Crippen LogP contribution >= 0.6 is 0 Å². The second kappa shape index (κ2) is 6.91. The molecule has 5 heteroatoms. The Morgan fingerprint density at radius 2 is 1.97 bits per heavy atom. The van der Waals surface area contributed by atoms with Gasteiger partial charge in [-0.1, -0.05) is 39.8 Å². The van der Waals surface area contributed by atoms with E-state index in [4.69, 9.17) is 14.2 Å². The highest BCUT2D eigenvalue weighted by atomic mass is 16.8. The Labute approximate surface area is 180 Å². The largest absolute Gasteiger partial charge is 0.465 e. The molecule has 0 bridgehead atoms. The van der Waals surface area contributed by atoms with Crippen molar-refractivity contribution in [3.63, 3.8) is 0 Å². The molecule has 7 atom stereocenters. The molecule has 0 amide bonds. The van der Waals surface area contributed by atoms with Crippen LogP contribution in [0, 0.1) is 28.6 Å². The van der Waals surface area contributed by atoms with Gasteiger partial charge in [0.15, 0.2) is 5.79 Å². The molecule has 168 valence electrons. The lowest BCUT2D eigenvalue weighted by Crippen LogP contribution is -2.57. The summed E-state index contributed by atoms with van der Waals surface area (Å²) in [6.07, 6.45) is 7.70. The Hall–Kier alpha value is -1.17. The minimum absolute atomic E-state index is 0.0376. The van der Waals surface area contributed by atoms with Crippen molar-refractivity contribution in [2.24, 2.45) is 28.6 Å². The van der Waals surface area contributed by atoms with Crippen molar-refractivity contribution < 1.29 is 24.1 Å². The number of aliphatic hydroxyl groups is 1. The summed E-state index contributed by atoms with van der Waals surface area (Å²) in [7, 11) is 0. The molecule has 0 aromatic rings. The Morgan fingerprint density at radius 3 is 2.60 bits per heavy atom. The summed E-state index contributed by atoms with van der Waals surface area (Å²) in [6.45, 7) is 14.8. The quantitative estimate of drug-likeness (QED) is 0.544. The standard InChI is InChI=1S/C25H38O5/c1-8-28-21(26)24-11-9-10-16(4)25(24,27)14-17-19-20(30-22(5,6)29-19)18(15(2)3)23(17,7)12-13-24/h9-10,14-16,18-20,27H,8,11-13H2,1-7H3/t16-,18+,19-,20+,23+,24-,25-/m1/s1. The molecule has 4 aliphatic rings. The number of ether oxygens (including phenoxy) is 3. The van der Waals surface area contributed by atoms with Gasteiger partial charge < -0.3 is 19.3 Å². The van der Waals surface area contributed by atoms with Gasteiger partial charge >= 0.3 is 5.97 Å². The highest BCUT2D eigenvalue weighted by Gasteiger charge is 2.67. The molecule has 3 aliphatic carbocycles. The van der Waals surface area contributed by atoms with Gasteiger partial charge in [-0.2, -0.15) is 0 Å². The SMILES string of the molecule is CCOC(=O)[C@]12CC=C[C@@H](C)[C@]1(O)C=C1[C@H]3OC(C)(C)O[C@H]3[C@H](C(C)C)[C@@]1(C)CC2. The monoisotopic (exact) mass is 418 g/mol. The molecule has 1 saturated carbocycles. The van der Waals surface area contributed by atoms with E-state index in [0.29, 0.717) is 25.4 Å². The number of hydrogen-bond donors (Lipinski definition) is 1. The second-order valence-corrected chi connectivity index (χ2v) is 10.9. The molecule has 1 aliphatic heterocycles. The third kappa shape index (κ3) is 2.81. The van der Waals surface area contributed by atoms with Crippen LogP contribution in [0.25, 0.3) is 0 Å². The summed E-state index contributed by atoms with van der Waals surface area (Å²) in [4.78, 5) is 13.3. The molecule has 5 nitrogen and oxygen atoms in total. The molecule has 1 heterocycles. The van der Waals surface area contributed by atoms with Crippen LogP contribution in [0.5, 0.6) is 0 Å². The van der Waals surface area contributed by atoms with E-state index in [2.05, 4.69) is 20.8 Å². The van der Waals surface area contributed by atoms with Crippen LogP contribution < -0.4 is 0 Å². The van der Waals surface area contributed by atoms with E-state index >= 15 is 0 Å². The van der Waals surface area contributed by atoms with Crippen molar-refractivity contribution in [2.45, 2.75) is 91.3 Å². The van der Waals surface area contributed by atoms with Gasteiger partial charge in [0, 0.05) is 5.92 Å². The molecule has 0 aromatic carbocycles. The third-order valence-corrected chi connectivity index (χ3v) is 8.37. The molecular weight excluding hydrogens is 380 g/mol. The van der Waals surface area contributed by atoms with Gasteiger partial charge in [-0.05, 0) is 68.9 Å². The molecule has 0 radical (unpaired) electrons. The predicted octanol–water partition coefficient (Wildman–Crippen LogP) is 4.40. The number of rotatable bonds is 3. The lowest BCUT2D eigenvalue weighted by molar-refractivity contribution is -0.176. The molecule has 30 heavy (non-hydrogen) atoms. The lowest BCUT2D eigenvalue weighted by Gasteiger charge is -2.48. The van der Waals surface area contributed by atoms with Crippen molar-refractivity contribution in [1.82, 2.24) is 0 Å². The minimum atomic E-state index is -1.31. The van der Waals surface area contributed by atoms with Crippen molar-refractivity contribution in [1.29, 1.82) is 0 Å². The molecule has 2 fully saturated rings. The van der Waals surface area contributed by atoms with E-state index in [1.807, 2.05) is 45.9 Å². The fourth-order valence-corrected chi connectivity index (χ4v) is 6.96. The number of esters is 1. The summed E-state index contributed by atoms with van der Waals surface area (Å²) in [5.74, 6) is -0.504. The summed E-state index contributed by atoms with van der Waals surface area (Å²) in [5, 5.41) is 12.2. The van der Waals surface area contributed by atoms with E-state index in [1.54, 1.807) is 0 Å². The van der Waals surface area contributed by atoms with Crippen LogP contribution in [0.1, 0.15) is 67.7 Å². The van der Waals surface area contributed by atoms with Crippen LogP contribution in [-0.2, 0) is 19.0 Å². The second-order valence-electron chi connectivity index (χ2n) is 10.9. The normalized spacial score (nSPS) is 46.6. The summed E-state index contributed by atoms with van der Waals surface area (Å²) >= 11 is 0. The molecule has 1 saturated heterocycles. The number of fused-ring (bicyclic) bond motifs is 4. The van der Waals surface area contributed by atoms with Crippen molar-refractivity contribution in [3.05, 3.63) is 23.8 Å². The van der Waals surface area contributed by atoms with Gasteiger partial charge in [-0.3, -0.25) is 4.79 Å². The van der Waals surface area contributed by atoms with Crippen molar-refractivity contribution >= 4 is 5.97 Å². The highest BCUT2D eigenvalue weighted by Crippen LogP contribution is 2.64. The molecule has 0 aromatic heterocycles. The van der Waals surface area contributed by atoms with Crippen LogP contribution in [0.4, 0.5) is 0 Å². The first-order valence-corrected chi connectivity index (χ1v) is 11.6.